The highest BCUT2D eigenvalue weighted by Crippen LogP contribution is 2.28. The lowest BCUT2D eigenvalue weighted by atomic mass is 10.2. The molecule has 0 unspecified atom stereocenters. The van der Waals surface area contributed by atoms with E-state index in [9.17, 15) is 0 Å². The summed E-state index contributed by atoms with van der Waals surface area (Å²) in [5.74, 6) is 3.05. The first-order valence-corrected chi connectivity index (χ1v) is 7.98. The third-order valence-corrected chi connectivity index (χ3v) is 3.52. The Kier molecular flexibility index (Phi) is 5.56. The summed E-state index contributed by atoms with van der Waals surface area (Å²) in [5, 5.41) is 3.27. The Morgan fingerprint density at radius 3 is 2.48 bits per heavy atom. The molecule has 5 heteroatoms. The third kappa shape index (κ3) is 4.17. The van der Waals surface area contributed by atoms with Gasteiger partial charge in [-0.2, -0.15) is 4.98 Å². The van der Waals surface area contributed by atoms with Crippen LogP contribution in [-0.2, 0) is 6.42 Å². The van der Waals surface area contributed by atoms with Crippen molar-refractivity contribution in [1.29, 1.82) is 0 Å². The average molecular weight is 350 g/mol. The van der Waals surface area contributed by atoms with E-state index in [2.05, 4.69) is 45.1 Å². The topological polar surface area (TPSA) is 47.0 Å². The number of nitrogens with one attached hydrogen (secondary N) is 1. The van der Waals surface area contributed by atoms with E-state index in [0.717, 1.165) is 46.8 Å². The van der Waals surface area contributed by atoms with E-state index in [1.54, 1.807) is 0 Å². The lowest BCUT2D eigenvalue weighted by Gasteiger charge is -2.13. The average Bonchev–Trinajstić information content (AvgIpc) is 2.47. The van der Waals surface area contributed by atoms with Crippen molar-refractivity contribution in [3.05, 3.63) is 40.1 Å². The number of hydrogen-bond acceptors (Lipinski definition) is 4. The summed E-state index contributed by atoms with van der Waals surface area (Å²) in [7, 11) is 0. The molecule has 2 rings (SSSR count). The molecule has 0 spiro atoms. The first-order valence-electron chi connectivity index (χ1n) is 7.18. The Bertz CT molecular complexity index is 599. The fraction of sp³-hybridized carbons (Fsp3) is 0.375. The van der Waals surface area contributed by atoms with E-state index in [-0.39, 0.29) is 0 Å². The van der Waals surface area contributed by atoms with Crippen LogP contribution in [0, 0.1) is 6.92 Å². The van der Waals surface area contributed by atoms with Gasteiger partial charge in [0.25, 0.3) is 0 Å². The Morgan fingerprint density at radius 2 is 1.86 bits per heavy atom. The zero-order chi connectivity index (χ0) is 15.2. The molecule has 0 saturated heterocycles. The van der Waals surface area contributed by atoms with Gasteiger partial charge in [0.15, 0.2) is 0 Å². The summed E-state index contributed by atoms with van der Waals surface area (Å²) in [5.41, 5.74) is 0.930. The predicted octanol–water partition coefficient (Wildman–Crippen LogP) is 4.72. The molecule has 0 radical (unpaired) electrons. The molecule has 0 amide bonds. The van der Waals surface area contributed by atoms with Crippen LogP contribution in [0.5, 0.6) is 11.6 Å². The number of ether oxygens (including phenoxy) is 1. The van der Waals surface area contributed by atoms with Gasteiger partial charge in [0.05, 0.1) is 5.56 Å². The van der Waals surface area contributed by atoms with Crippen molar-refractivity contribution in [3.8, 4) is 11.6 Å². The maximum absolute atomic E-state index is 5.93. The highest BCUT2D eigenvalue weighted by molar-refractivity contribution is 9.10. The molecule has 1 heterocycles. The van der Waals surface area contributed by atoms with Crippen molar-refractivity contribution in [1.82, 2.24) is 9.97 Å². The van der Waals surface area contributed by atoms with Gasteiger partial charge in [0, 0.05) is 17.4 Å². The highest BCUT2D eigenvalue weighted by Gasteiger charge is 2.12. The smallest absolute Gasteiger partial charge is 0.227 e. The molecule has 4 nitrogen and oxygen atoms in total. The standard InChI is InChI=1S/C16H20BrN3O/c1-4-6-14-19-15(18-5-2)11(3)16(20-14)21-13-9-7-12(17)8-10-13/h7-10H,4-6H2,1-3H3,(H,18,19,20). The molecule has 21 heavy (non-hydrogen) atoms. The number of aromatic nitrogens is 2. The van der Waals surface area contributed by atoms with Crippen LogP contribution in [0.4, 0.5) is 5.82 Å². The van der Waals surface area contributed by atoms with E-state index in [1.165, 1.54) is 0 Å². The maximum atomic E-state index is 5.93. The van der Waals surface area contributed by atoms with E-state index >= 15 is 0 Å². The molecule has 1 N–H and O–H groups in total. The number of nitrogens with zero attached hydrogens (tertiary/aromatic N) is 2. The molecule has 1 aromatic carbocycles. The molecule has 0 aliphatic carbocycles. The Hall–Kier alpha value is -1.62. The molecular weight excluding hydrogens is 330 g/mol. The van der Waals surface area contributed by atoms with Crippen LogP contribution in [-0.4, -0.2) is 16.5 Å². The lowest BCUT2D eigenvalue weighted by molar-refractivity contribution is 0.454. The van der Waals surface area contributed by atoms with Gasteiger partial charge in [0.1, 0.15) is 17.4 Å². The molecule has 0 atom stereocenters. The SMILES string of the molecule is CCCc1nc(NCC)c(C)c(Oc2ccc(Br)cc2)n1. The van der Waals surface area contributed by atoms with Crippen LogP contribution in [0.2, 0.25) is 0 Å². The minimum absolute atomic E-state index is 0.617. The van der Waals surface area contributed by atoms with Crippen molar-refractivity contribution < 1.29 is 4.74 Å². The predicted molar refractivity (Wildman–Crippen MR) is 89.1 cm³/mol. The molecule has 0 bridgehead atoms. The highest BCUT2D eigenvalue weighted by atomic mass is 79.9. The largest absolute Gasteiger partial charge is 0.439 e. The summed E-state index contributed by atoms with van der Waals surface area (Å²) < 4.78 is 6.95. The molecule has 0 aliphatic rings. The zero-order valence-electron chi connectivity index (χ0n) is 12.6. The van der Waals surface area contributed by atoms with Gasteiger partial charge in [-0.3, -0.25) is 0 Å². The lowest BCUT2D eigenvalue weighted by Crippen LogP contribution is -2.07. The minimum Gasteiger partial charge on any atom is -0.439 e. The second-order valence-electron chi connectivity index (χ2n) is 4.75. The maximum Gasteiger partial charge on any atom is 0.227 e. The van der Waals surface area contributed by atoms with Crippen molar-refractivity contribution in [2.75, 3.05) is 11.9 Å². The molecule has 0 aliphatic heterocycles. The van der Waals surface area contributed by atoms with E-state index in [4.69, 9.17) is 4.74 Å². The second-order valence-corrected chi connectivity index (χ2v) is 5.67. The summed E-state index contributed by atoms with van der Waals surface area (Å²) in [6, 6.07) is 7.73. The van der Waals surface area contributed by atoms with Crippen LogP contribution in [0.3, 0.4) is 0 Å². The van der Waals surface area contributed by atoms with Crippen molar-refractivity contribution in [3.63, 3.8) is 0 Å². The molecule has 112 valence electrons. The number of benzene rings is 1. The van der Waals surface area contributed by atoms with E-state index in [0.29, 0.717) is 5.88 Å². The van der Waals surface area contributed by atoms with Gasteiger partial charge in [-0.1, -0.05) is 22.9 Å². The first-order chi connectivity index (χ1) is 10.1. The van der Waals surface area contributed by atoms with Gasteiger partial charge in [-0.05, 0) is 44.5 Å². The second kappa shape index (κ2) is 7.41. The van der Waals surface area contributed by atoms with Gasteiger partial charge in [-0.25, -0.2) is 4.98 Å². The Morgan fingerprint density at radius 1 is 1.14 bits per heavy atom. The minimum atomic E-state index is 0.617. The normalized spacial score (nSPS) is 10.5. The van der Waals surface area contributed by atoms with Crippen LogP contribution in [0.25, 0.3) is 0 Å². The van der Waals surface area contributed by atoms with Crippen molar-refractivity contribution in [2.45, 2.75) is 33.6 Å². The molecular formula is C16H20BrN3O. The summed E-state index contributed by atoms with van der Waals surface area (Å²) in [6.45, 7) is 6.96. The number of rotatable bonds is 6. The van der Waals surface area contributed by atoms with Crippen molar-refractivity contribution in [2.24, 2.45) is 0 Å². The summed E-state index contributed by atoms with van der Waals surface area (Å²) in [4.78, 5) is 9.10. The summed E-state index contributed by atoms with van der Waals surface area (Å²) in [6.07, 6.45) is 1.85. The number of aryl methyl sites for hydroxylation is 1. The molecule has 1 aromatic heterocycles. The van der Waals surface area contributed by atoms with Crippen LogP contribution >= 0.6 is 15.9 Å². The van der Waals surface area contributed by atoms with Crippen LogP contribution < -0.4 is 10.1 Å². The quantitative estimate of drug-likeness (QED) is 0.819. The first kappa shape index (κ1) is 15.8. The molecule has 0 fully saturated rings. The Labute approximate surface area is 134 Å². The number of anilines is 1. The van der Waals surface area contributed by atoms with Gasteiger partial charge < -0.3 is 10.1 Å². The molecule has 2 aromatic rings. The van der Waals surface area contributed by atoms with Crippen LogP contribution in [0.15, 0.2) is 28.7 Å². The van der Waals surface area contributed by atoms with Crippen LogP contribution in [0.1, 0.15) is 31.7 Å². The third-order valence-electron chi connectivity index (χ3n) is 2.99. The van der Waals surface area contributed by atoms with E-state index < -0.39 is 0 Å². The number of halogens is 1. The van der Waals surface area contributed by atoms with E-state index in [1.807, 2.05) is 31.2 Å². The fourth-order valence-corrected chi connectivity index (χ4v) is 2.19. The number of hydrogen-bond donors (Lipinski definition) is 1. The Balaban J connectivity index is 2.33. The molecule has 0 saturated carbocycles. The van der Waals surface area contributed by atoms with Gasteiger partial charge in [0.2, 0.25) is 5.88 Å². The van der Waals surface area contributed by atoms with Gasteiger partial charge in [-0.15, -0.1) is 0 Å². The monoisotopic (exact) mass is 349 g/mol. The van der Waals surface area contributed by atoms with Crippen molar-refractivity contribution >= 4 is 21.7 Å². The fourth-order valence-electron chi connectivity index (χ4n) is 1.93. The van der Waals surface area contributed by atoms with Gasteiger partial charge >= 0.3 is 0 Å². The summed E-state index contributed by atoms with van der Waals surface area (Å²) >= 11 is 3.42. The zero-order valence-corrected chi connectivity index (χ0v) is 14.2.